The normalized spacial score (nSPS) is 14.1. The Morgan fingerprint density at radius 1 is 0.867 bits per heavy atom. The van der Waals surface area contributed by atoms with Gasteiger partial charge in [-0.2, -0.15) is 0 Å². The van der Waals surface area contributed by atoms with Gasteiger partial charge in [-0.25, -0.2) is 0 Å². The molecule has 160 valence electrons. The highest BCUT2D eigenvalue weighted by Crippen LogP contribution is 2.21. The minimum absolute atomic E-state index is 0.111. The molecular weight excluding hydrogens is 423 g/mol. The van der Waals surface area contributed by atoms with Crippen molar-refractivity contribution in [3.05, 3.63) is 69.7 Å². The Morgan fingerprint density at radius 2 is 1.50 bits per heavy atom. The monoisotopic (exact) mass is 448 g/mol. The zero-order chi connectivity index (χ0) is 21.3. The summed E-state index contributed by atoms with van der Waals surface area (Å²) in [6.45, 7) is 3.31. The van der Waals surface area contributed by atoms with E-state index in [1.54, 1.807) is 23.1 Å². The molecule has 0 spiro atoms. The number of benzene rings is 2. The van der Waals surface area contributed by atoms with Crippen molar-refractivity contribution in [3.63, 3.8) is 0 Å². The molecule has 3 rings (SSSR count). The maximum Gasteiger partial charge on any atom is 0.254 e. The molecule has 2 aromatic rings. The fraction of sp³-hybridized carbons (Fsp3) is 0.391. The van der Waals surface area contributed by atoms with E-state index >= 15 is 0 Å². The molecule has 0 atom stereocenters. The lowest BCUT2D eigenvalue weighted by Gasteiger charge is -2.35. The molecule has 1 fully saturated rings. The van der Waals surface area contributed by atoms with E-state index < -0.39 is 0 Å². The zero-order valence-electron chi connectivity index (χ0n) is 16.9. The summed E-state index contributed by atoms with van der Waals surface area (Å²) in [5, 5.41) is 0.872. The summed E-state index contributed by atoms with van der Waals surface area (Å²) in [5.74, 6) is -0.00197. The van der Waals surface area contributed by atoms with Crippen LogP contribution in [-0.2, 0) is 16.0 Å². The van der Waals surface area contributed by atoms with Gasteiger partial charge in [0, 0.05) is 54.8 Å². The van der Waals surface area contributed by atoms with Crippen LogP contribution in [0.2, 0.25) is 10.0 Å². The second-order valence-electron chi connectivity index (χ2n) is 7.28. The van der Waals surface area contributed by atoms with Crippen molar-refractivity contribution >= 4 is 35.0 Å². The number of hydrogen-bond acceptors (Lipinski definition) is 3. The summed E-state index contributed by atoms with van der Waals surface area (Å²) in [6, 6.07) is 15.0. The number of rotatable bonds is 8. The second kappa shape index (κ2) is 11.3. The molecule has 1 saturated heterocycles. The fourth-order valence-electron chi connectivity index (χ4n) is 3.44. The minimum Gasteiger partial charge on any atom is -0.381 e. The highest BCUT2D eigenvalue weighted by molar-refractivity contribution is 6.35. The Bertz CT molecular complexity index is 833. The number of amides is 2. The van der Waals surface area contributed by atoms with E-state index in [1.807, 2.05) is 23.1 Å². The third kappa shape index (κ3) is 6.73. The molecule has 1 heterocycles. The molecule has 0 saturated carbocycles. The third-order valence-corrected chi connectivity index (χ3v) is 5.52. The van der Waals surface area contributed by atoms with E-state index in [0.29, 0.717) is 67.8 Å². The quantitative estimate of drug-likeness (QED) is 0.565. The highest BCUT2D eigenvalue weighted by atomic mass is 35.5. The van der Waals surface area contributed by atoms with Crippen LogP contribution in [-0.4, -0.2) is 61.0 Å². The number of nitrogens with zero attached hydrogens (tertiary/aromatic N) is 2. The highest BCUT2D eigenvalue weighted by Gasteiger charge is 2.25. The van der Waals surface area contributed by atoms with Crippen LogP contribution in [0.4, 0.5) is 0 Å². The van der Waals surface area contributed by atoms with E-state index in [9.17, 15) is 9.59 Å². The smallest absolute Gasteiger partial charge is 0.254 e. The van der Waals surface area contributed by atoms with E-state index in [0.717, 1.165) is 6.42 Å². The number of carbonyl (C=O) groups excluding carboxylic acids is 2. The van der Waals surface area contributed by atoms with Gasteiger partial charge >= 0.3 is 0 Å². The summed E-state index contributed by atoms with van der Waals surface area (Å²) < 4.78 is 5.65. The molecule has 0 N–H and O–H groups in total. The van der Waals surface area contributed by atoms with E-state index in [4.69, 9.17) is 27.9 Å². The Hall–Kier alpha value is -2.08. The predicted molar refractivity (Wildman–Crippen MR) is 119 cm³/mol. The Labute approximate surface area is 187 Å². The van der Waals surface area contributed by atoms with Crippen LogP contribution in [0.5, 0.6) is 0 Å². The van der Waals surface area contributed by atoms with Crippen molar-refractivity contribution < 1.29 is 14.3 Å². The molecule has 2 amide bonds. The summed E-state index contributed by atoms with van der Waals surface area (Å²) >= 11 is 12.0. The van der Waals surface area contributed by atoms with Gasteiger partial charge in [-0.3, -0.25) is 9.59 Å². The lowest BCUT2D eigenvalue weighted by atomic mass is 10.1. The van der Waals surface area contributed by atoms with Gasteiger partial charge in [0.15, 0.2) is 0 Å². The number of carbonyl (C=O) groups is 2. The summed E-state index contributed by atoms with van der Waals surface area (Å²) in [4.78, 5) is 28.6. The molecule has 0 radical (unpaired) electrons. The van der Waals surface area contributed by atoms with Gasteiger partial charge in [-0.1, -0.05) is 53.5 Å². The number of ether oxygens (including phenoxy) is 1. The van der Waals surface area contributed by atoms with Crippen molar-refractivity contribution in [2.24, 2.45) is 0 Å². The average Bonchev–Trinajstić information content (AvgIpc) is 2.75. The molecule has 30 heavy (non-hydrogen) atoms. The van der Waals surface area contributed by atoms with Gasteiger partial charge in [0.2, 0.25) is 5.91 Å². The zero-order valence-corrected chi connectivity index (χ0v) is 18.4. The van der Waals surface area contributed by atoms with Gasteiger partial charge in [0.25, 0.3) is 5.91 Å². The summed E-state index contributed by atoms with van der Waals surface area (Å²) in [5.41, 5.74) is 1.72. The molecule has 2 aromatic carbocycles. The largest absolute Gasteiger partial charge is 0.381 e. The first-order chi connectivity index (χ1) is 14.5. The Balaban J connectivity index is 1.33. The first kappa shape index (κ1) is 22.6. The molecular formula is C23H26Cl2N2O3. The van der Waals surface area contributed by atoms with Crippen LogP contribution in [0.25, 0.3) is 0 Å². The lowest BCUT2D eigenvalue weighted by molar-refractivity contribution is -0.133. The van der Waals surface area contributed by atoms with Gasteiger partial charge < -0.3 is 14.5 Å². The molecule has 0 aliphatic carbocycles. The van der Waals surface area contributed by atoms with Gasteiger partial charge in [-0.15, -0.1) is 0 Å². The number of piperazine rings is 1. The van der Waals surface area contributed by atoms with Gasteiger partial charge in [0.05, 0.1) is 6.61 Å². The van der Waals surface area contributed by atoms with E-state index in [-0.39, 0.29) is 11.8 Å². The van der Waals surface area contributed by atoms with Crippen molar-refractivity contribution in [1.82, 2.24) is 9.80 Å². The molecule has 0 bridgehead atoms. The molecule has 5 nitrogen and oxygen atoms in total. The Kier molecular flexibility index (Phi) is 8.55. The molecule has 7 heteroatoms. The van der Waals surface area contributed by atoms with Crippen LogP contribution in [0, 0.1) is 0 Å². The summed E-state index contributed by atoms with van der Waals surface area (Å²) in [7, 11) is 0. The van der Waals surface area contributed by atoms with E-state index in [2.05, 4.69) is 12.1 Å². The fourth-order valence-corrected chi connectivity index (χ4v) is 3.97. The van der Waals surface area contributed by atoms with Crippen LogP contribution in [0.3, 0.4) is 0 Å². The topological polar surface area (TPSA) is 49.9 Å². The lowest BCUT2D eigenvalue weighted by Crippen LogP contribution is -2.50. The van der Waals surface area contributed by atoms with Crippen LogP contribution in [0.15, 0.2) is 48.5 Å². The van der Waals surface area contributed by atoms with Crippen molar-refractivity contribution in [2.45, 2.75) is 19.3 Å². The van der Waals surface area contributed by atoms with Crippen LogP contribution in [0.1, 0.15) is 28.8 Å². The van der Waals surface area contributed by atoms with Gasteiger partial charge in [-0.05, 0) is 36.6 Å². The van der Waals surface area contributed by atoms with Gasteiger partial charge in [0.1, 0.15) is 0 Å². The SMILES string of the molecule is O=C(CCCOCCc1ccccc1)N1CCN(C(=O)c2cc(Cl)cc(Cl)c2)CC1. The first-order valence-electron chi connectivity index (χ1n) is 10.2. The predicted octanol–water partition coefficient (Wildman–Crippen LogP) is 4.32. The molecule has 1 aliphatic rings. The second-order valence-corrected chi connectivity index (χ2v) is 8.16. The Morgan fingerprint density at radius 3 is 2.17 bits per heavy atom. The van der Waals surface area contributed by atoms with Crippen molar-refractivity contribution in [1.29, 1.82) is 0 Å². The first-order valence-corrected chi connectivity index (χ1v) is 10.9. The molecule has 0 unspecified atom stereocenters. The molecule has 1 aliphatic heterocycles. The van der Waals surface area contributed by atoms with Crippen molar-refractivity contribution in [3.8, 4) is 0 Å². The third-order valence-electron chi connectivity index (χ3n) is 5.09. The molecule has 0 aromatic heterocycles. The number of hydrogen-bond donors (Lipinski definition) is 0. The maximum absolute atomic E-state index is 12.6. The van der Waals surface area contributed by atoms with Crippen LogP contribution >= 0.6 is 23.2 Å². The standard InChI is InChI=1S/C23H26Cl2N2O3/c24-20-15-19(16-21(25)17-20)23(29)27-11-9-26(10-12-27)22(28)7-4-13-30-14-8-18-5-2-1-3-6-18/h1-3,5-6,15-17H,4,7-14H2. The maximum atomic E-state index is 12.6. The number of halogens is 2. The van der Waals surface area contributed by atoms with Crippen molar-refractivity contribution in [2.75, 3.05) is 39.4 Å². The average molecular weight is 449 g/mol. The minimum atomic E-state index is -0.113. The van der Waals surface area contributed by atoms with E-state index in [1.165, 1.54) is 5.56 Å². The van der Waals surface area contributed by atoms with Crippen LogP contribution < -0.4 is 0 Å². The summed E-state index contributed by atoms with van der Waals surface area (Å²) in [6.07, 6.45) is 2.04.